The molecule has 38 nitrogen and oxygen atoms in total. The summed E-state index contributed by atoms with van der Waals surface area (Å²) in [6.45, 7) is 11.6. The van der Waals surface area contributed by atoms with Gasteiger partial charge in [0, 0.05) is 77.4 Å². The third kappa shape index (κ3) is 25.1. The molecule has 3 aliphatic rings. The quantitative estimate of drug-likeness (QED) is 0.0185. The summed E-state index contributed by atoms with van der Waals surface area (Å²) in [7, 11) is 0. The molecular formula is C57H101N17O21. The van der Waals surface area contributed by atoms with E-state index in [9.17, 15) is 60.7 Å². The van der Waals surface area contributed by atoms with Crippen LogP contribution in [0.3, 0.4) is 0 Å². The maximum absolute atomic E-state index is 11.8. The van der Waals surface area contributed by atoms with Gasteiger partial charge in [0.15, 0.2) is 18.9 Å². The minimum absolute atomic E-state index is 0.00602. The number of amides is 2. The van der Waals surface area contributed by atoms with Gasteiger partial charge in [-0.3, -0.25) is 19.4 Å². The Labute approximate surface area is 550 Å². The number of nitrogens with one attached hydrogen (secondary N) is 4. The molecule has 0 spiro atoms. The number of hydrogen-bond acceptors (Lipinski definition) is 33. The molecule has 6 heterocycles. The van der Waals surface area contributed by atoms with Crippen LogP contribution in [0.2, 0.25) is 0 Å². The number of aliphatic hydroxyl groups is 10. The molecule has 3 aromatic heterocycles. The predicted molar refractivity (Wildman–Crippen MR) is 327 cm³/mol. The number of aromatic nitrogens is 9. The van der Waals surface area contributed by atoms with E-state index in [-0.39, 0.29) is 90.6 Å². The van der Waals surface area contributed by atoms with E-state index in [0.717, 1.165) is 19.3 Å². The normalized spacial score (nSPS) is 27.1. The summed E-state index contributed by atoms with van der Waals surface area (Å²) in [5.41, 5.74) is 16.3. The molecule has 0 bridgehead atoms. The van der Waals surface area contributed by atoms with E-state index in [2.05, 4.69) is 82.6 Å². The van der Waals surface area contributed by atoms with Crippen molar-refractivity contribution in [3.63, 3.8) is 0 Å². The molecule has 540 valence electrons. The van der Waals surface area contributed by atoms with Crippen LogP contribution in [0.1, 0.15) is 71.0 Å². The Kier molecular flexibility index (Phi) is 33.5. The van der Waals surface area contributed by atoms with Crippen molar-refractivity contribution in [2.75, 3.05) is 106 Å². The molecule has 0 aromatic carbocycles. The van der Waals surface area contributed by atoms with Crippen molar-refractivity contribution in [1.82, 2.24) is 70.7 Å². The van der Waals surface area contributed by atoms with Gasteiger partial charge in [-0.15, -0.1) is 15.3 Å². The highest BCUT2D eigenvalue weighted by Gasteiger charge is 2.47. The van der Waals surface area contributed by atoms with Crippen LogP contribution in [-0.4, -0.2) is 321 Å². The number of aliphatic hydroxyl groups excluding tert-OH is 10. The Morgan fingerprint density at radius 2 is 1.07 bits per heavy atom. The Morgan fingerprint density at radius 1 is 0.632 bits per heavy atom. The molecule has 3 aliphatic heterocycles. The van der Waals surface area contributed by atoms with Crippen LogP contribution in [0, 0.1) is 10.9 Å². The summed E-state index contributed by atoms with van der Waals surface area (Å²) in [4.78, 5) is 28.1. The van der Waals surface area contributed by atoms with Crippen LogP contribution >= 0.6 is 0 Å². The Morgan fingerprint density at radius 3 is 1.53 bits per heavy atom. The fraction of sp³-hybridized carbons (Fsp3) is 0.825. The monoisotopic (exact) mass is 1360 g/mol. The van der Waals surface area contributed by atoms with Gasteiger partial charge >= 0.3 is 0 Å². The van der Waals surface area contributed by atoms with Crippen LogP contribution in [-0.2, 0) is 91.5 Å². The fourth-order valence-corrected chi connectivity index (χ4v) is 11.1. The van der Waals surface area contributed by atoms with Crippen molar-refractivity contribution in [1.29, 1.82) is 5.53 Å². The molecule has 0 radical (unpaired) electrons. The van der Waals surface area contributed by atoms with Gasteiger partial charge in [0.05, 0.1) is 134 Å². The zero-order valence-electron chi connectivity index (χ0n) is 54.6. The summed E-state index contributed by atoms with van der Waals surface area (Å²) < 4.78 is 56.1. The number of rotatable bonds is 44. The second-order valence-corrected chi connectivity index (χ2v) is 24.4. The highest BCUT2D eigenvalue weighted by Crippen LogP contribution is 2.32. The third-order valence-corrected chi connectivity index (χ3v) is 15.9. The molecule has 3 aromatic rings. The lowest BCUT2D eigenvalue weighted by atomic mass is 9.82. The van der Waals surface area contributed by atoms with Crippen LogP contribution in [0.5, 0.6) is 0 Å². The van der Waals surface area contributed by atoms with Crippen LogP contribution < -0.4 is 21.7 Å². The van der Waals surface area contributed by atoms with Crippen molar-refractivity contribution in [2.45, 2.75) is 191 Å². The van der Waals surface area contributed by atoms with Crippen molar-refractivity contribution in [2.24, 2.45) is 16.3 Å². The highest BCUT2D eigenvalue weighted by molar-refractivity contribution is 5.73. The minimum atomic E-state index is -1.45. The van der Waals surface area contributed by atoms with E-state index in [1.807, 2.05) is 12.4 Å². The average molecular weight is 1360 g/mol. The molecule has 3 fully saturated rings. The average Bonchev–Trinajstić information content (AvgIpc) is 1.44. The number of carbonyl (C=O) groups excluding carboxylic acids is 2. The standard InChI is InChI=1S/C57H101N17O21/c1-35(79)61-46-52(85)49(82)42(33-77)94-55(46)91-22-18-87-15-9-60-24-37(63-59)25-70(26-38-29-73(68-64-38)12-16-88-19-21-90-54-45(58)51(84)48(81)41(32-76)93-54)10-7-6-8-44(57(3,4)5)71(27-39-30-72(11-14-75)67-65-39)28-40-31-74(69-66-40)13-17-89-20-23-92-56-47(62-36(2)80)53(86)50(83)43(34-78)95-56/h24,29-31,41-56,59-60,75-78,81-86H,6-23,25-28,32-34,58H2,1-5H3,(H,61,79)(H,62,80)/b37-24-,63-59?/t41?,42?,43?,44-,45?,46?,47?,48?,49?,50?,51?,52?,53?,54?,55?,56?/m1/s1. The van der Waals surface area contributed by atoms with Gasteiger partial charge in [-0.1, -0.05) is 42.8 Å². The first-order valence-electron chi connectivity index (χ1n) is 31.9. The maximum Gasteiger partial charge on any atom is 0.217 e. The number of carbonyl (C=O) groups is 2. The van der Waals surface area contributed by atoms with Gasteiger partial charge in [0.25, 0.3) is 0 Å². The largest absolute Gasteiger partial charge is 0.394 e. The minimum Gasteiger partial charge on any atom is -0.394 e. The number of unbranched alkanes of at least 4 members (excludes halogenated alkanes) is 1. The summed E-state index contributed by atoms with van der Waals surface area (Å²) in [6.07, 6.45) is -5.81. The summed E-state index contributed by atoms with van der Waals surface area (Å²) in [5.74, 6) is -0.942. The van der Waals surface area contributed by atoms with Crippen LogP contribution in [0.25, 0.3) is 0 Å². The van der Waals surface area contributed by atoms with Crippen molar-refractivity contribution in [3.8, 4) is 0 Å². The second-order valence-electron chi connectivity index (χ2n) is 24.4. The SMILES string of the molecule is CC(=O)NC1C(OCCOCCN/C=C(/CN(CCCC[C@@H](N(Cc2cn(CCO)nn2)Cc2cn(CCOCCOC3OC(CO)C(O)C(O)C3NC(C)=O)nn2)C(C)(C)C)Cc2cn(CCOCCOC3OC(CO)C(O)C(O)C3N)nn2)N=N)OC(CO)C(O)C1O. The molecule has 0 aliphatic carbocycles. The lowest BCUT2D eigenvalue weighted by molar-refractivity contribution is -0.272. The van der Waals surface area contributed by atoms with Crippen molar-refractivity contribution in [3.05, 3.63) is 47.6 Å². The first kappa shape index (κ1) is 78.6. The van der Waals surface area contributed by atoms with Crippen LogP contribution in [0.15, 0.2) is 35.6 Å². The molecule has 0 saturated carbocycles. The predicted octanol–water partition coefficient (Wildman–Crippen LogP) is -6.24. The zero-order chi connectivity index (χ0) is 69.0. The molecular weight excluding hydrogens is 1260 g/mol. The van der Waals surface area contributed by atoms with E-state index >= 15 is 0 Å². The first-order chi connectivity index (χ1) is 45.6. The zero-order valence-corrected chi connectivity index (χ0v) is 54.6. The molecule has 16 atom stereocenters. The molecule has 2 amide bonds. The van der Waals surface area contributed by atoms with Gasteiger partial charge in [-0.25, -0.2) is 19.6 Å². The van der Waals surface area contributed by atoms with E-state index in [1.54, 1.807) is 26.4 Å². The molecule has 95 heavy (non-hydrogen) atoms. The van der Waals surface area contributed by atoms with E-state index < -0.39 is 124 Å². The lowest BCUT2D eigenvalue weighted by Crippen LogP contribution is -2.64. The molecule has 6 rings (SSSR count). The van der Waals surface area contributed by atoms with Gasteiger partial charge in [-0.05, 0) is 24.8 Å². The van der Waals surface area contributed by atoms with Gasteiger partial charge in [0.1, 0.15) is 67.0 Å². The van der Waals surface area contributed by atoms with Gasteiger partial charge < -0.3 is 115 Å². The second kappa shape index (κ2) is 40.5. The van der Waals surface area contributed by atoms with Crippen molar-refractivity contribution < 1.29 is 103 Å². The number of nitrogens with two attached hydrogens (primary N) is 1. The molecule has 38 heteroatoms. The first-order valence-corrected chi connectivity index (χ1v) is 31.9. The third-order valence-electron chi connectivity index (χ3n) is 15.9. The highest BCUT2D eigenvalue weighted by atomic mass is 16.7. The van der Waals surface area contributed by atoms with Crippen LogP contribution in [0.4, 0.5) is 0 Å². The number of ether oxygens (including phenoxy) is 9. The smallest absolute Gasteiger partial charge is 0.217 e. The number of nitrogens with zero attached hydrogens (tertiary/aromatic N) is 12. The van der Waals surface area contributed by atoms with E-state index in [4.69, 9.17) is 53.9 Å². The number of hydrogen-bond donors (Lipinski definition) is 15. The fourth-order valence-electron chi connectivity index (χ4n) is 11.1. The summed E-state index contributed by atoms with van der Waals surface area (Å²) >= 11 is 0. The topological polar surface area (TPSA) is 516 Å². The lowest BCUT2D eigenvalue weighted by Gasteiger charge is -2.42. The van der Waals surface area contributed by atoms with Crippen molar-refractivity contribution >= 4 is 11.8 Å². The van der Waals surface area contributed by atoms with Gasteiger partial charge in [0.2, 0.25) is 11.8 Å². The summed E-state index contributed by atoms with van der Waals surface area (Å²) in [6, 6.07) is -3.23. The Bertz CT molecular complexity index is 2710. The Balaban J connectivity index is 1.05. The Hall–Kier alpha value is -5.38. The molecule has 16 N–H and O–H groups in total. The van der Waals surface area contributed by atoms with E-state index in [0.29, 0.717) is 68.6 Å². The molecule has 3 saturated heterocycles. The molecule has 15 unspecified atom stereocenters. The maximum atomic E-state index is 11.8. The summed E-state index contributed by atoms with van der Waals surface area (Å²) in [5, 5.41) is 139. The van der Waals surface area contributed by atoms with Gasteiger partial charge in [-0.2, -0.15) is 5.11 Å². The van der Waals surface area contributed by atoms with E-state index in [1.165, 1.54) is 13.8 Å².